The maximum atomic E-state index is 11.2. The molecule has 0 radical (unpaired) electrons. The maximum absolute atomic E-state index is 11.2. The van der Waals surface area contributed by atoms with Gasteiger partial charge in [0.1, 0.15) is 9.84 Å². The monoisotopic (exact) mass is 455 g/mol. The van der Waals surface area contributed by atoms with Crippen molar-refractivity contribution in [3.8, 4) is 0 Å². The van der Waals surface area contributed by atoms with Crippen molar-refractivity contribution in [1.29, 1.82) is 0 Å². The van der Waals surface area contributed by atoms with Gasteiger partial charge in [-0.05, 0) is 62.2 Å². The zero-order chi connectivity index (χ0) is 22.6. The van der Waals surface area contributed by atoms with Crippen LogP contribution in [0, 0.1) is 10.8 Å². The van der Waals surface area contributed by atoms with Gasteiger partial charge in [0.25, 0.3) is 0 Å². The molecule has 0 heterocycles. The Morgan fingerprint density at radius 3 is 1.41 bits per heavy atom. The molecular weight excluding hydrogens is 410 g/mol. The summed E-state index contributed by atoms with van der Waals surface area (Å²) >= 11 is 0. The van der Waals surface area contributed by atoms with Crippen molar-refractivity contribution in [2.45, 2.75) is 91.9 Å². The number of unbranched alkanes of at least 4 members (excludes halogenated alkanes) is 2. The van der Waals surface area contributed by atoms with E-state index in [2.05, 4.69) is 27.7 Å². The van der Waals surface area contributed by atoms with Gasteiger partial charge in [-0.2, -0.15) is 0 Å². The highest BCUT2D eigenvalue weighted by Gasteiger charge is 2.19. The minimum Gasteiger partial charge on any atom is -0.381 e. The smallest absolute Gasteiger partial charge is 0.209 e. The summed E-state index contributed by atoms with van der Waals surface area (Å²) < 4.78 is 50.2. The Bertz CT molecular complexity index is 584. The average Bonchev–Trinajstić information content (AvgIpc) is 2.50. The summed E-state index contributed by atoms with van der Waals surface area (Å²) in [5.41, 5.74) is 0.312. The highest BCUT2D eigenvalue weighted by Crippen LogP contribution is 2.30. The largest absolute Gasteiger partial charge is 0.381 e. The van der Waals surface area contributed by atoms with Crippen LogP contribution in [0.15, 0.2) is 0 Å². The van der Waals surface area contributed by atoms with Crippen molar-refractivity contribution in [1.82, 2.24) is 0 Å². The number of hydrogen-bond donors (Lipinski definition) is 1. The highest BCUT2D eigenvalue weighted by atomic mass is 32.2. The van der Waals surface area contributed by atoms with E-state index in [0.29, 0.717) is 6.42 Å². The van der Waals surface area contributed by atoms with Gasteiger partial charge in [0.2, 0.25) is 10.0 Å². The molecule has 0 saturated heterocycles. The predicted molar refractivity (Wildman–Crippen MR) is 122 cm³/mol. The van der Waals surface area contributed by atoms with Crippen molar-refractivity contribution in [3.05, 3.63) is 0 Å². The lowest BCUT2D eigenvalue weighted by atomic mass is 9.83. The molecule has 0 atom stereocenters. The second-order valence-electron chi connectivity index (χ2n) is 10.1. The van der Waals surface area contributed by atoms with E-state index in [0.717, 1.165) is 71.0 Å². The van der Waals surface area contributed by atoms with E-state index in [-0.39, 0.29) is 22.3 Å². The molecule has 0 aliphatic carbocycles. The lowest BCUT2D eigenvalue weighted by molar-refractivity contribution is 0.119. The van der Waals surface area contributed by atoms with Crippen LogP contribution in [0.1, 0.15) is 91.9 Å². The Morgan fingerprint density at radius 2 is 1.03 bits per heavy atom. The molecule has 0 amide bonds. The molecule has 0 bridgehead atoms. The molecule has 2 N–H and O–H groups in total. The van der Waals surface area contributed by atoms with Crippen molar-refractivity contribution < 1.29 is 21.6 Å². The Labute approximate surface area is 180 Å². The van der Waals surface area contributed by atoms with Crippen LogP contribution >= 0.6 is 0 Å². The molecule has 0 spiro atoms. The number of hydrogen-bond acceptors (Lipinski definition) is 5. The van der Waals surface area contributed by atoms with E-state index < -0.39 is 19.9 Å². The molecule has 0 aromatic heterocycles. The Hall–Kier alpha value is -0.180. The van der Waals surface area contributed by atoms with E-state index >= 15 is 0 Å². The Kier molecular flexibility index (Phi) is 13.2. The third-order valence-electron chi connectivity index (χ3n) is 5.44. The molecule has 0 aromatic rings. The van der Waals surface area contributed by atoms with Gasteiger partial charge in [0.15, 0.2) is 0 Å². The fourth-order valence-corrected chi connectivity index (χ4v) is 4.75. The number of rotatable bonds is 18. The summed E-state index contributed by atoms with van der Waals surface area (Å²) in [6.45, 7) is 10.3. The molecule has 29 heavy (non-hydrogen) atoms. The topological polar surface area (TPSA) is 104 Å². The molecule has 176 valence electrons. The summed E-state index contributed by atoms with van der Waals surface area (Å²) in [4.78, 5) is 0. The lowest BCUT2D eigenvalue weighted by Crippen LogP contribution is -2.19. The van der Waals surface area contributed by atoms with Gasteiger partial charge in [0, 0.05) is 25.2 Å². The lowest BCUT2D eigenvalue weighted by Gasteiger charge is -2.24. The van der Waals surface area contributed by atoms with Crippen LogP contribution in [0.25, 0.3) is 0 Å². The molecule has 0 aliphatic heterocycles. The summed E-state index contributed by atoms with van der Waals surface area (Å²) in [6.07, 6.45) is 10.8. The van der Waals surface area contributed by atoms with Crippen molar-refractivity contribution in [3.63, 3.8) is 0 Å². The standard InChI is InChI=1S/C21H45NO5S2/c1-20(2,14-10-18-28(5,23)24)12-6-8-16-27-17-9-7-13-21(3,4)15-11-19-29(22,25)26/h6-19H2,1-5H3,(H2,22,25,26). The summed E-state index contributed by atoms with van der Waals surface area (Å²) in [7, 11) is -6.21. The highest BCUT2D eigenvalue weighted by molar-refractivity contribution is 7.90. The molecule has 0 aliphatic rings. The first-order chi connectivity index (χ1) is 13.1. The summed E-state index contributed by atoms with van der Waals surface area (Å²) in [5.74, 6) is 0.344. The zero-order valence-corrected chi connectivity index (χ0v) is 21.0. The fraction of sp³-hybridized carbons (Fsp3) is 1.00. The quantitative estimate of drug-likeness (QED) is 0.311. The first-order valence-corrected chi connectivity index (χ1v) is 14.7. The number of nitrogens with two attached hydrogens (primary N) is 1. The van der Waals surface area contributed by atoms with E-state index in [4.69, 9.17) is 9.88 Å². The number of sulfonamides is 1. The average molecular weight is 456 g/mol. The van der Waals surface area contributed by atoms with Crippen LogP contribution in [-0.4, -0.2) is 47.8 Å². The molecule has 8 heteroatoms. The molecule has 0 aromatic carbocycles. The normalized spacial score (nSPS) is 13.7. The van der Waals surface area contributed by atoms with E-state index in [9.17, 15) is 16.8 Å². The van der Waals surface area contributed by atoms with Crippen LogP contribution < -0.4 is 5.14 Å². The summed E-state index contributed by atoms with van der Waals surface area (Å²) in [6, 6.07) is 0. The second kappa shape index (κ2) is 13.3. The third kappa shape index (κ3) is 20.9. The molecule has 0 rings (SSSR count). The van der Waals surface area contributed by atoms with Crippen LogP contribution in [0.5, 0.6) is 0 Å². The van der Waals surface area contributed by atoms with Crippen molar-refractivity contribution >= 4 is 19.9 Å². The first-order valence-electron chi connectivity index (χ1n) is 10.9. The molecule has 6 nitrogen and oxygen atoms in total. The van der Waals surface area contributed by atoms with Gasteiger partial charge in [0.05, 0.1) is 5.75 Å². The summed E-state index contributed by atoms with van der Waals surface area (Å²) in [5, 5.41) is 5.05. The third-order valence-corrected chi connectivity index (χ3v) is 7.32. The number of primary sulfonamides is 1. The van der Waals surface area contributed by atoms with Crippen LogP contribution in [-0.2, 0) is 24.6 Å². The van der Waals surface area contributed by atoms with E-state index in [1.54, 1.807) is 0 Å². The van der Waals surface area contributed by atoms with Gasteiger partial charge < -0.3 is 4.74 Å². The predicted octanol–water partition coefficient (Wildman–Crippen LogP) is 4.29. The van der Waals surface area contributed by atoms with E-state index in [1.807, 2.05) is 0 Å². The Morgan fingerprint density at radius 1 is 0.655 bits per heavy atom. The van der Waals surface area contributed by atoms with Crippen LogP contribution in [0.3, 0.4) is 0 Å². The number of sulfone groups is 1. The van der Waals surface area contributed by atoms with Gasteiger partial charge in [-0.15, -0.1) is 0 Å². The number of ether oxygens (including phenoxy) is 1. The minimum atomic E-state index is -3.35. The molecule has 0 unspecified atom stereocenters. The maximum Gasteiger partial charge on any atom is 0.209 e. The molecule has 0 saturated carbocycles. The van der Waals surface area contributed by atoms with Gasteiger partial charge >= 0.3 is 0 Å². The van der Waals surface area contributed by atoms with Crippen molar-refractivity contribution in [2.24, 2.45) is 16.0 Å². The molecular formula is C21H45NO5S2. The SMILES string of the molecule is CC(C)(CCCCOCCCCC(C)(C)CCCS(N)(=O)=O)CCCS(C)(=O)=O. The Balaban J connectivity index is 3.67. The van der Waals surface area contributed by atoms with Gasteiger partial charge in [-0.1, -0.05) is 40.5 Å². The zero-order valence-electron chi connectivity index (χ0n) is 19.3. The van der Waals surface area contributed by atoms with Crippen molar-refractivity contribution in [2.75, 3.05) is 31.0 Å². The molecule has 0 fully saturated rings. The van der Waals surface area contributed by atoms with Crippen LogP contribution in [0.2, 0.25) is 0 Å². The first kappa shape index (κ1) is 28.8. The second-order valence-corrected chi connectivity index (χ2v) is 14.1. The van der Waals surface area contributed by atoms with E-state index in [1.165, 1.54) is 6.26 Å². The van der Waals surface area contributed by atoms with Gasteiger partial charge in [-0.3, -0.25) is 0 Å². The minimum absolute atomic E-state index is 0.0635. The van der Waals surface area contributed by atoms with Gasteiger partial charge in [-0.25, -0.2) is 22.0 Å². The van der Waals surface area contributed by atoms with Crippen LogP contribution in [0.4, 0.5) is 0 Å². The fourth-order valence-electron chi connectivity index (χ4n) is 3.53.